The first-order chi connectivity index (χ1) is 14.8. The van der Waals surface area contributed by atoms with Gasteiger partial charge < -0.3 is 9.30 Å². The van der Waals surface area contributed by atoms with Crippen LogP contribution in [0.25, 0.3) is 10.9 Å². The van der Waals surface area contributed by atoms with Crippen LogP contribution in [0.4, 0.5) is 4.39 Å². The first-order valence-electron chi connectivity index (χ1n) is 10.3. The number of fused-ring (bicyclic) bond motifs is 3. The zero-order valence-corrected chi connectivity index (χ0v) is 18.4. The summed E-state index contributed by atoms with van der Waals surface area (Å²) in [5.74, 6) is -0.762. The number of sulfonamides is 1. The van der Waals surface area contributed by atoms with Crippen LogP contribution in [0.5, 0.6) is 0 Å². The molecule has 0 saturated carbocycles. The lowest BCUT2D eigenvalue weighted by atomic mass is 9.91. The number of halogens is 1. The maximum Gasteiger partial charge on any atom is 0.325 e. The number of benzene rings is 2. The quantitative estimate of drug-likeness (QED) is 0.546. The number of esters is 1. The highest BCUT2D eigenvalue weighted by Crippen LogP contribution is 2.34. The molecule has 2 aromatic carbocycles. The van der Waals surface area contributed by atoms with Crippen molar-refractivity contribution in [2.75, 3.05) is 13.7 Å². The van der Waals surface area contributed by atoms with Crippen molar-refractivity contribution in [3.63, 3.8) is 0 Å². The first kappa shape index (κ1) is 21.5. The molecule has 1 aliphatic carbocycles. The molecule has 1 aliphatic rings. The molecule has 8 heteroatoms. The number of rotatable bonds is 6. The Labute approximate surface area is 181 Å². The minimum atomic E-state index is -3.74. The molecule has 0 spiro atoms. The Hall–Kier alpha value is -2.71. The van der Waals surface area contributed by atoms with Crippen molar-refractivity contribution >= 4 is 26.9 Å². The lowest BCUT2D eigenvalue weighted by molar-refractivity contribution is -0.143. The van der Waals surface area contributed by atoms with Gasteiger partial charge in [0.05, 0.1) is 11.5 Å². The standard InChI is InChI=1S/C23H25FN2O4S/c1-3-30-23(27)15-26-21-7-5-4-6-19(21)20-14-17(10-13-22(20)26)25(2)31(28,29)18-11-8-16(24)9-12-18/h4-9,11-12,17H,3,10,13-15H2,1-2H3. The van der Waals surface area contributed by atoms with E-state index in [9.17, 15) is 17.6 Å². The average molecular weight is 445 g/mol. The number of aromatic nitrogens is 1. The van der Waals surface area contributed by atoms with Crippen molar-refractivity contribution < 1.29 is 22.3 Å². The van der Waals surface area contributed by atoms with E-state index in [0.717, 1.165) is 34.3 Å². The molecule has 0 amide bonds. The van der Waals surface area contributed by atoms with E-state index in [0.29, 0.717) is 25.9 Å². The van der Waals surface area contributed by atoms with Crippen LogP contribution < -0.4 is 0 Å². The van der Waals surface area contributed by atoms with Gasteiger partial charge in [-0.1, -0.05) is 18.2 Å². The number of likely N-dealkylation sites (N-methyl/N-ethyl adjacent to an activating group) is 1. The normalized spacial score (nSPS) is 16.5. The fourth-order valence-electron chi connectivity index (χ4n) is 4.38. The van der Waals surface area contributed by atoms with E-state index >= 15 is 0 Å². The van der Waals surface area contributed by atoms with Crippen LogP contribution in [0.15, 0.2) is 53.4 Å². The van der Waals surface area contributed by atoms with E-state index in [2.05, 4.69) is 0 Å². The number of hydrogen-bond donors (Lipinski definition) is 0. The molecular weight excluding hydrogens is 419 g/mol. The minimum Gasteiger partial charge on any atom is -0.465 e. The molecule has 0 radical (unpaired) electrons. The van der Waals surface area contributed by atoms with Gasteiger partial charge in [0.2, 0.25) is 10.0 Å². The average Bonchev–Trinajstić information content (AvgIpc) is 3.07. The summed E-state index contributed by atoms with van der Waals surface area (Å²) in [6.45, 7) is 2.25. The molecule has 0 fully saturated rings. The second-order valence-electron chi connectivity index (χ2n) is 7.71. The SMILES string of the molecule is CCOC(=O)Cn1c2c(c3ccccc31)CC(N(C)S(=O)(=O)c1ccc(F)cc1)CC2. The third-order valence-electron chi connectivity index (χ3n) is 5.95. The van der Waals surface area contributed by atoms with Gasteiger partial charge in [0.25, 0.3) is 0 Å². The topological polar surface area (TPSA) is 68.6 Å². The predicted molar refractivity (Wildman–Crippen MR) is 116 cm³/mol. The van der Waals surface area contributed by atoms with Crippen LogP contribution >= 0.6 is 0 Å². The number of carbonyl (C=O) groups excluding carboxylic acids is 1. The molecule has 1 unspecified atom stereocenters. The van der Waals surface area contributed by atoms with Gasteiger partial charge in [-0.15, -0.1) is 0 Å². The highest BCUT2D eigenvalue weighted by atomic mass is 32.2. The summed E-state index contributed by atoms with van der Waals surface area (Å²) in [6.07, 6.45) is 1.82. The monoisotopic (exact) mass is 444 g/mol. The molecule has 3 aromatic rings. The summed E-state index contributed by atoms with van der Waals surface area (Å²) >= 11 is 0. The summed E-state index contributed by atoms with van der Waals surface area (Å²) in [5, 5.41) is 1.03. The first-order valence-corrected chi connectivity index (χ1v) is 11.7. The fraction of sp³-hybridized carbons (Fsp3) is 0.348. The van der Waals surface area contributed by atoms with Crippen molar-refractivity contribution in [3.05, 3.63) is 65.6 Å². The highest BCUT2D eigenvalue weighted by molar-refractivity contribution is 7.89. The summed E-state index contributed by atoms with van der Waals surface area (Å²) in [7, 11) is -2.17. The predicted octanol–water partition coefficient (Wildman–Crippen LogP) is 3.52. The van der Waals surface area contributed by atoms with Crippen LogP contribution in [-0.4, -0.2) is 43.0 Å². The van der Waals surface area contributed by atoms with E-state index in [-0.39, 0.29) is 23.5 Å². The molecular formula is C23H25FN2O4S. The number of nitrogens with zero attached hydrogens (tertiary/aromatic N) is 2. The van der Waals surface area contributed by atoms with E-state index in [1.165, 1.54) is 16.4 Å². The molecule has 31 heavy (non-hydrogen) atoms. The third kappa shape index (κ3) is 3.97. The number of ether oxygens (including phenoxy) is 1. The summed E-state index contributed by atoms with van der Waals surface area (Å²) in [5.41, 5.74) is 3.07. The van der Waals surface area contributed by atoms with Crippen molar-refractivity contribution in [2.45, 2.75) is 43.7 Å². The van der Waals surface area contributed by atoms with E-state index in [1.54, 1.807) is 14.0 Å². The number of carbonyl (C=O) groups is 1. The molecule has 1 aromatic heterocycles. The van der Waals surface area contributed by atoms with Crippen molar-refractivity contribution in [1.29, 1.82) is 0 Å². The Morgan fingerprint density at radius 2 is 1.90 bits per heavy atom. The van der Waals surface area contributed by atoms with Crippen molar-refractivity contribution in [3.8, 4) is 0 Å². The van der Waals surface area contributed by atoms with Crippen molar-refractivity contribution in [2.24, 2.45) is 0 Å². The van der Waals surface area contributed by atoms with Crippen molar-refractivity contribution in [1.82, 2.24) is 8.87 Å². The molecule has 0 saturated heterocycles. The van der Waals surface area contributed by atoms with Gasteiger partial charge in [-0.05, 0) is 62.1 Å². The highest BCUT2D eigenvalue weighted by Gasteiger charge is 2.33. The summed E-state index contributed by atoms with van der Waals surface area (Å²) < 4.78 is 47.9. The van der Waals surface area contributed by atoms with Gasteiger partial charge in [-0.2, -0.15) is 4.31 Å². The van der Waals surface area contributed by atoms with Gasteiger partial charge in [-0.25, -0.2) is 12.8 Å². The second kappa shape index (κ2) is 8.43. The van der Waals surface area contributed by atoms with Crippen LogP contribution in [0, 0.1) is 5.82 Å². The Bertz CT molecular complexity index is 1220. The third-order valence-corrected chi connectivity index (χ3v) is 7.87. The maximum atomic E-state index is 13.2. The number of para-hydroxylation sites is 1. The molecule has 1 atom stereocenters. The van der Waals surface area contributed by atoms with Gasteiger partial charge >= 0.3 is 5.97 Å². The second-order valence-corrected chi connectivity index (χ2v) is 9.70. The van der Waals surface area contributed by atoms with Gasteiger partial charge in [-0.3, -0.25) is 4.79 Å². The summed E-state index contributed by atoms with van der Waals surface area (Å²) in [4.78, 5) is 12.2. The van der Waals surface area contributed by atoms with Gasteiger partial charge in [0.15, 0.2) is 0 Å². The zero-order valence-electron chi connectivity index (χ0n) is 17.5. The van der Waals surface area contributed by atoms with Crippen LogP contribution in [-0.2, 0) is 38.9 Å². The molecule has 4 rings (SSSR count). The van der Waals surface area contributed by atoms with Crippen LogP contribution in [0.2, 0.25) is 0 Å². The lowest BCUT2D eigenvalue weighted by Gasteiger charge is -2.31. The lowest BCUT2D eigenvalue weighted by Crippen LogP contribution is -2.40. The number of hydrogen-bond acceptors (Lipinski definition) is 4. The van der Waals surface area contributed by atoms with E-state index in [1.807, 2.05) is 28.8 Å². The minimum absolute atomic E-state index is 0.0759. The molecule has 6 nitrogen and oxygen atoms in total. The largest absolute Gasteiger partial charge is 0.465 e. The smallest absolute Gasteiger partial charge is 0.325 e. The van der Waals surface area contributed by atoms with Crippen LogP contribution in [0.3, 0.4) is 0 Å². The molecule has 0 N–H and O–H groups in total. The van der Waals surface area contributed by atoms with Gasteiger partial charge in [0, 0.05) is 29.7 Å². The van der Waals surface area contributed by atoms with Crippen LogP contribution in [0.1, 0.15) is 24.6 Å². The molecule has 0 aliphatic heterocycles. The Kier molecular flexibility index (Phi) is 5.85. The molecule has 1 heterocycles. The fourth-order valence-corrected chi connectivity index (χ4v) is 5.76. The Morgan fingerprint density at radius 3 is 2.61 bits per heavy atom. The maximum absolute atomic E-state index is 13.2. The zero-order chi connectivity index (χ0) is 22.2. The van der Waals surface area contributed by atoms with E-state index in [4.69, 9.17) is 4.74 Å². The Morgan fingerprint density at radius 1 is 1.19 bits per heavy atom. The van der Waals surface area contributed by atoms with E-state index < -0.39 is 15.8 Å². The summed E-state index contributed by atoms with van der Waals surface area (Å²) in [6, 6.07) is 12.5. The Balaban J connectivity index is 1.67. The molecule has 164 valence electrons. The molecule has 0 bridgehead atoms. The van der Waals surface area contributed by atoms with Gasteiger partial charge in [0.1, 0.15) is 12.4 Å².